The van der Waals surface area contributed by atoms with Crippen molar-refractivity contribution in [2.75, 3.05) is 4.72 Å². The van der Waals surface area contributed by atoms with Gasteiger partial charge in [0.2, 0.25) is 0 Å². The van der Waals surface area contributed by atoms with Crippen LogP contribution in [0.4, 0.5) is 5.69 Å². The zero-order valence-electron chi connectivity index (χ0n) is 8.77. The number of nitrogens with one attached hydrogen (secondary N) is 1. The highest BCUT2D eigenvalue weighted by molar-refractivity contribution is 7.87. The van der Waals surface area contributed by atoms with E-state index < -0.39 is 10.3 Å². The molecule has 0 amide bonds. The Morgan fingerprint density at radius 3 is 2.27 bits per heavy atom. The molecular formula is C10H15NO3S. The fraction of sp³-hybridized carbons (Fsp3) is 0.400. The summed E-state index contributed by atoms with van der Waals surface area (Å²) in [5.41, 5.74) is 1.52. The average Bonchev–Trinajstić information content (AvgIpc) is 2.15. The van der Waals surface area contributed by atoms with E-state index in [4.69, 9.17) is 4.55 Å². The maximum absolute atomic E-state index is 10.5. The Bertz CT molecular complexity index is 411. The van der Waals surface area contributed by atoms with E-state index in [1.807, 2.05) is 16.9 Å². The first-order chi connectivity index (χ1) is 6.92. The Morgan fingerprint density at radius 1 is 1.33 bits per heavy atom. The van der Waals surface area contributed by atoms with E-state index in [9.17, 15) is 8.42 Å². The number of hydrogen-bond acceptors (Lipinski definition) is 2. The Morgan fingerprint density at radius 2 is 1.87 bits per heavy atom. The van der Waals surface area contributed by atoms with Crippen LogP contribution in [0.1, 0.15) is 31.7 Å². The monoisotopic (exact) mass is 229 g/mol. The molecule has 0 saturated carbocycles. The summed E-state index contributed by atoms with van der Waals surface area (Å²) in [5, 5.41) is 0. The summed E-state index contributed by atoms with van der Waals surface area (Å²) in [6.07, 6.45) is 1.03. The van der Waals surface area contributed by atoms with E-state index in [0.717, 1.165) is 12.0 Å². The summed E-state index contributed by atoms with van der Waals surface area (Å²) >= 11 is 0. The Kier molecular flexibility index (Phi) is 3.71. The van der Waals surface area contributed by atoms with Crippen LogP contribution in [-0.4, -0.2) is 13.0 Å². The second-order valence-corrected chi connectivity index (χ2v) is 4.66. The maximum atomic E-state index is 10.5. The van der Waals surface area contributed by atoms with E-state index in [1.165, 1.54) is 0 Å². The molecule has 0 spiro atoms. The Hall–Kier alpha value is -1.07. The molecule has 1 aromatic carbocycles. The van der Waals surface area contributed by atoms with E-state index in [0.29, 0.717) is 11.6 Å². The van der Waals surface area contributed by atoms with Crippen LogP contribution in [0.3, 0.4) is 0 Å². The summed E-state index contributed by atoms with van der Waals surface area (Å²) in [7, 11) is -4.17. The van der Waals surface area contributed by atoms with Gasteiger partial charge in [-0.15, -0.1) is 0 Å². The minimum atomic E-state index is -4.17. The van der Waals surface area contributed by atoms with Gasteiger partial charge in [0.15, 0.2) is 0 Å². The zero-order chi connectivity index (χ0) is 11.5. The molecule has 1 rings (SSSR count). The standard InChI is InChI=1S/C10H15NO3S/c1-3-8(2)9-4-6-10(7-5-9)11-15(12,13)14/h4-8,11H,3H2,1-2H3,(H,12,13,14). The van der Waals surface area contributed by atoms with Crippen molar-refractivity contribution in [3.8, 4) is 0 Å². The van der Waals surface area contributed by atoms with Gasteiger partial charge in [0.05, 0.1) is 5.69 Å². The van der Waals surface area contributed by atoms with Crippen molar-refractivity contribution < 1.29 is 13.0 Å². The largest absolute Gasteiger partial charge is 0.357 e. The molecule has 1 unspecified atom stereocenters. The molecular weight excluding hydrogens is 214 g/mol. The van der Waals surface area contributed by atoms with Crippen LogP contribution in [0.15, 0.2) is 24.3 Å². The Labute approximate surface area is 90.2 Å². The van der Waals surface area contributed by atoms with Gasteiger partial charge in [-0.1, -0.05) is 26.0 Å². The fourth-order valence-corrected chi connectivity index (χ4v) is 1.70. The van der Waals surface area contributed by atoms with Gasteiger partial charge in [-0.2, -0.15) is 8.42 Å². The predicted octanol–water partition coefficient (Wildman–Crippen LogP) is 2.41. The maximum Gasteiger partial charge on any atom is 0.357 e. The van der Waals surface area contributed by atoms with Crippen molar-refractivity contribution in [2.24, 2.45) is 0 Å². The highest BCUT2D eigenvalue weighted by Crippen LogP contribution is 2.20. The molecule has 2 N–H and O–H groups in total. The lowest BCUT2D eigenvalue weighted by atomic mass is 9.99. The lowest BCUT2D eigenvalue weighted by Gasteiger charge is -2.09. The van der Waals surface area contributed by atoms with Crippen molar-refractivity contribution in [1.29, 1.82) is 0 Å². The Balaban J connectivity index is 2.81. The number of benzene rings is 1. The number of anilines is 1. The first kappa shape index (κ1) is 12.0. The molecule has 5 heteroatoms. The van der Waals surface area contributed by atoms with E-state index >= 15 is 0 Å². The highest BCUT2D eigenvalue weighted by atomic mass is 32.2. The van der Waals surface area contributed by atoms with Crippen LogP contribution < -0.4 is 4.72 Å². The summed E-state index contributed by atoms with van der Waals surface area (Å²) in [6.45, 7) is 4.19. The lowest BCUT2D eigenvalue weighted by Crippen LogP contribution is -2.10. The molecule has 0 bridgehead atoms. The smallest absolute Gasteiger partial charge is 0.269 e. The third-order valence-corrected chi connectivity index (χ3v) is 2.83. The lowest BCUT2D eigenvalue weighted by molar-refractivity contribution is 0.489. The van der Waals surface area contributed by atoms with Gasteiger partial charge < -0.3 is 0 Å². The molecule has 0 fully saturated rings. The molecule has 0 aliphatic carbocycles. The van der Waals surface area contributed by atoms with Crippen LogP contribution >= 0.6 is 0 Å². The molecule has 0 aromatic heterocycles. The van der Waals surface area contributed by atoms with Crippen molar-refractivity contribution in [3.05, 3.63) is 29.8 Å². The van der Waals surface area contributed by atoms with Crippen molar-refractivity contribution in [3.63, 3.8) is 0 Å². The van der Waals surface area contributed by atoms with Gasteiger partial charge in [-0.3, -0.25) is 9.27 Å². The van der Waals surface area contributed by atoms with Gasteiger partial charge in [-0.25, -0.2) is 0 Å². The quantitative estimate of drug-likeness (QED) is 0.779. The first-order valence-electron chi connectivity index (χ1n) is 4.77. The molecule has 0 aliphatic heterocycles. The topological polar surface area (TPSA) is 66.4 Å². The van der Waals surface area contributed by atoms with E-state index in [1.54, 1.807) is 12.1 Å². The van der Waals surface area contributed by atoms with Crippen molar-refractivity contribution >= 4 is 16.0 Å². The normalized spacial score (nSPS) is 13.5. The molecule has 1 atom stereocenters. The van der Waals surface area contributed by atoms with E-state index in [2.05, 4.69) is 13.8 Å². The minimum Gasteiger partial charge on any atom is -0.269 e. The number of rotatable bonds is 4. The zero-order valence-corrected chi connectivity index (χ0v) is 9.58. The number of hydrogen-bond donors (Lipinski definition) is 2. The van der Waals surface area contributed by atoms with Crippen molar-refractivity contribution in [1.82, 2.24) is 0 Å². The molecule has 0 aliphatic rings. The van der Waals surface area contributed by atoms with Crippen LogP contribution in [0.5, 0.6) is 0 Å². The van der Waals surface area contributed by atoms with Gasteiger partial charge >= 0.3 is 10.3 Å². The molecule has 15 heavy (non-hydrogen) atoms. The molecule has 1 aromatic rings. The van der Waals surface area contributed by atoms with Gasteiger partial charge in [0.1, 0.15) is 0 Å². The molecule has 0 radical (unpaired) electrons. The van der Waals surface area contributed by atoms with Gasteiger partial charge in [-0.05, 0) is 30.0 Å². The summed E-state index contributed by atoms with van der Waals surface area (Å²) < 4.78 is 31.6. The van der Waals surface area contributed by atoms with Gasteiger partial charge in [0, 0.05) is 0 Å². The third-order valence-electron chi connectivity index (χ3n) is 2.34. The first-order valence-corrected chi connectivity index (χ1v) is 6.21. The molecule has 84 valence electrons. The minimum absolute atomic E-state index is 0.365. The van der Waals surface area contributed by atoms with Gasteiger partial charge in [0.25, 0.3) is 0 Å². The second-order valence-electron chi connectivity index (χ2n) is 3.51. The molecule has 0 saturated heterocycles. The predicted molar refractivity (Wildman–Crippen MR) is 60.3 cm³/mol. The second kappa shape index (κ2) is 4.63. The third kappa shape index (κ3) is 3.89. The van der Waals surface area contributed by atoms with Crippen LogP contribution in [0.2, 0.25) is 0 Å². The summed E-state index contributed by atoms with van der Waals surface area (Å²) in [5.74, 6) is 0.449. The summed E-state index contributed by atoms with van der Waals surface area (Å²) in [6, 6.07) is 6.97. The van der Waals surface area contributed by atoms with E-state index in [-0.39, 0.29) is 0 Å². The van der Waals surface area contributed by atoms with Crippen molar-refractivity contribution in [2.45, 2.75) is 26.2 Å². The average molecular weight is 229 g/mol. The SMILES string of the molecule is CCC(C)c1ccc(NS(=O)(=O)O)cc1. The van der Waals surface area contributed by atoms with Crippen LogP contribution in [0.25, 0.3) is 0 Å². The fourth-order valence-electron chi connectivity index (χ4n) is 1.26. The van der Waals surface area contributed by atoms with Crippen LogP contribution in [-0.2, 0) is 10.3 Å². The summed E-state index contributed by atoms with van der Waals surface area (Å²) in [4.78, 5) is 0. The molecule has 0 heterocycles. The highest BCUT2D eigenvalue weighted by Gasteiger charge is 2.05. The molecule has 4 nitrogen and oxygen atoms in total. The van der Waals surface area contributed by atoms with Crippen LogP contribution in [0, 0.1) is 0 Å².